The summed E-state index contributed by atoms with van der Waals surface area (Å²) in [6.07, 6.45) is 11.6. The Labute approximate surface area is 141 Å². The zero-order valence-electron chi connectivity index (χ0n) is 14.7. The van der Waals surface area contributed by atoms with Crippen molar-refractivity contribution in [2.45, 2.75) is 83.5 Å². The minimum atomic E-state index is -1.22. The first-order chi connectivity index (χ1) is 11.1. The van der Waals surface area contributed by atoms with Crippen LogP contribution < -0.4 is 0 Å². The quantitative estimate of drug-likeness (QED) is 0.519. The molecule has 0 aromatic heterocycles. The van der Waals surface area contributed by atoms with Gasteiger partial charge in [-0.2, -0.15) is 0 Å². The van der Waals surface area contributed by atoms with E-state index in [-0.39, 0.29) is 11.8 Å². The fourth-order valence-corrected chi connectivity index (χ4v) is 5.72. The van der Waals surface area contributed by atoms with Gasteiger partial charge < -0.3 is 0 Å². The molecule has 0 amide bonds. The molecule has 132 valence electrons. The molecular formula is C21H34F2. The maximum atomic E-state index is 14.4. The topological polar surface area (TPSA) is 0 Å². The highest BCUT2D eigenvalue weighted by Gasteiger charge is 2.43. The van der Waals surface area contributed by atoms with Crippen LogP contribution in [0.4, 0.5) is 8.78 Å². The van der Waals surface area contributed by atoms with Crippen LogP contribution in [0.5, 0.6) is 0 Å². The summed E-state index contributed by atoms with van der Waals surface area (Å²) in [5.41, 5.74) is 0. The fourth-order valence-electron chi connectivity index (χ4n) is 5.72. The van der Waals surface area contributed by atoms with Gasteiger partial charge in [-0.25, -0.2) is 8.78 Å². The molecule has 0 N–H and O–H groups in total. The molecule has 3 aliphatic rings. The Morgan fingerprint density at radius 3 is 1.78 bits per heavy atom. The summed E-state index contributed by atoms with van der Waals surface area (Å²) in [6, 6.07) is 0. The summed E-state index contributed by atoms with van der Waals surface area (Å²) < 4.78 is 28.5. The first-order valence-corrected chi connectivity index (χ1v) is 10.0. The SMILES string of the molecule is C=CC1CCC(C2CCC([C@@H]3CCC(C)C(F)C3F)CC2)CC1. The minimum absolute atomic E-state index is 0.00125. The molecule has 0 bridgehead atoms. The van der Waals surface area contributed by atoms with Crippen LogP contribution in [0, 0.1) is 35.5 Å². The molecule has 0 saturated heterocycles. The normalized spacial score (nSPS) is 48.8. The van der Waals surface area contributed by atoms with E-state index in [1.165, 1.54) is 38.5 Å². The van der Waals surface area contributed by atoms with E-state index in [0.717, 1.165) is 43.4 Å². The lowest BCUT2D eigenvalue weighted by Gasteiger charge is -2.42. The smallest absolute Gasteiger partial charge is 0.134 e. The molecule has 3 saturated carbocycles. The lowest BCUT2D eigenvalue weighted by molar-refractivity contribution is -0.00986. The number of hydrogen-bond acceptors (Lipinski definition) is 0. The van der Waals surface area contributed by atoms with Gasteiger partial charge in [0.15, 0.2) is 0 Å². The second-order valence-corrected chi connectivity index (χ2v) is 8.69. The van der Waals surface area contributed by atoms with Gasteiger partial charge in [0.05, 0.1) is 0 Å². The highest BCUT2D eigenvalue weighted by molar-refractivity contribution is 4.93. The Balaban J connectivity index is 1.48. The molecule has 0 aromatic carbocycles. The van der Waals surface area contributed by atoms with Crippen LogP contribution >= 0.6 is 0 Å². The first kappa shape index (κ1) is 17.4. The highest BCUT2D eigenvalue weighted by Crippen LogP contribution is 2.47. The average molecular weight is 324 g/mol. The Bertz CT molecular complexity index is 377. The van der Waals surface area contributed by atoms with Crippen molar-refractivity contribution < 1.29 is 8.78 Å². The predicted molar refractivity (Wildman–Crippen MR) is 92.8 cm³/mol. The van der Waals surface area contributed by atoms with Crippen molar-refractivity contribution in [1.82, 2.24) is 0 Å². The molecule has 2 heteroatoms. The molecule has 3 rings (SSSR count). The molecule has 0 heterocycles. The van der Waals surface area contributed by atoms with Gasteiger partial charge in [-0.05, 0) is 99.7 Å². The Morgan fingerprint density at radius 1 is 0.696 bits per heavy atom. The van der Waals surface area contributed by atoms with Gasteiger partial charge in [0.1, 0.15) is 12.3 Å². The third-order valence-electron chi connectivity index (χ3n) is 7.45. The van der Waals surface area contributed by atoms with Gasteiger partial charge in [-0.1, -0.05) is 13.0 Å². The molecule has 3 unspecified atom stereocenters. The summed E-state index contributed by atoms with van der Waals surface area (Å²) in [4.78, 5) is 0. The van der Waals surface area contributed by atoms with Crippen LogP contribution in [-0.2, 0) is 0 Å². The Hall–Kier alpha value is -0.400. The lowest BCUT2D eigenvalue weighted by Crippen LogP contribution is -2.41. The molecule has 0 spiro atoms. The summed E-state index contributed by atoms with van der Waals surface area (Å²) in [6.45, 7) is 5.80. The summed E-state index contributed by atoms with van der Waals surface area (Å²) in [5.74, 6) is 2.82. The van der Waals surface area contributed by atoms with Crippen LogP contribution in [0.2, 0.25) is 0 Å². The van der Waals surface area contributed by atoms with E-state index >= 15 is 0 Å². The monoisotopic (exact) mass is 324 g/mol. The van der Waals surface area contributed by atoms with Crippen LogP contribution in [0.15, 0.2) is 12.7 Å². The second kappa shape index (κ2) is 7.66. The maximum absolute atomic E-state index is 14.4. The summed E-state index contributed by atoms with van der Waals surface area (Å²) in [5, 5.41) is 0. The zero-order valence-corrected chi connectivity index (χ0v) is 14.7. The average Bonchev–Trinajstić information content (AvgIpc) is 2.60. The Morgan fingerprint density at radius 2 is 1.22 bits per heavy atom. The lowest BCUT2D eigenvalue weighted by atomic mass is 9.64. The summed E-state index contributed by atoms with van der Waals surface area (Å²) in [7, 11) is 0. The van der Waals surface area contributed by atoms with E-state index in [4.69, 9.17) is 0 Å². The van der Waals surface area contributed by atoms with Gasteiger partial charge in [0.2, 0.25) is 0 Å². The van der Waals surface area contributed by atoms with Crippen LogP contribution in [0.25, 0.3) is 0 Å². The fraction of sp³-hybridized carbons (Fsp3) is 0.905. The van der Waals surface area contributed by atoms with Crippen molar-refractivity contribution in [1.29, 1.82) is 0 Å². The van der Waals surface area contributed by atoms with E-state index in [1.807, 2.05) is 6.92 Å². The van der Waals surface area contributed by atoms with Crippen molar-refractivity contribution >= 4 is 0 Å². The molecule has 3 fully saturated rings. The van der Waals surface area contributed by atoms with Crippen molar-refractivity contribution in [3.8, 4) is 0 Å². The molecule has 4 atom stereocenters. The molecule has 0 aromatic rings. The zero-order chi connectivity index (χ0) is 16.4. The molecule has 0 radical (unpaired) electrons. The largest absolute Gasteiger partial charge is 0.244 e. The number of allylic oxidation sites excluding steroid dienone is 1. The van der Waals surface area contributed by atoms with Crippen LogP contribution in [0.1, 0.15) is 71.1 Å². The van der Waals surface area contributed by atoms with Gasteiger partial charge in [0.25, 0.3) is 0 Å². The number of rotatable bonds is 3. The van der Waals surface area contributed by atoms with Crippen molar-refractivity contribution in [2.24, 2.45) is 35.5 Å². The summed E-state index contributed by atoms with van der Waals surface area (Å²) >= 11 is 0. The molecule has 23 heavy (non-hydrogen) atoms. The van der Waals surface area contributed by atoms with E-state index in [0.29, 0.717) is 5.92 Å². The van der Waals surface area contributed by atoms with Gasteiger partial charge in [-0.3, -0.25) is 0 Å². The first-order valence-electron chi connectivity index (χ1n) is 10.0. The van der Waals surface area contributed by atoms with Crippen molar-refractivity contribution in [3.63, 3.8) is 0 Å². The Kier molecular flexibility index (Phi) is 5.80. The predicted octanol–water partition coefficient (Wildman–Crippen LogP) is 6.51. The minimum Gasteiger partial charge on any atom is -0.244 e. The van der Waals surface area contributed by atoms with Gasteiger partial charge in [0, 0.05) is 0 Å². The van der Waals surface area contributed by atoms with Gasteiger partial charge >= 0.3 is 0 Å². The van der Waals surface area contributed by atoms with E-state index in [2.05, 4.69) is 12.7 Å². The molecular weight excluding hydrogens is 290 g/mol. The number of halogens is 2. The third kappa shape index (κ3) is 3.82. The van der Waals surface area contributed by atoms with Crippen LogP contribution in [0.3, 0.4) is 0 Å². The number of hydrogen-bond donors (Lipinski definition) is 0. The molecule has 0 nitrogen and oxygen atoms in total. The van der Waals surface area contributed by atoms with Crippen molar-refractivity contribution in [3.05, 3.63) is 12.7 Å². The molecule has 0 aliphatic heterocycles. The van der Waals surface area contributed by atoms with E-state index in [1.54, 1.807) is 0 Å². The molecule has 3 aliphatic carbocycles. The standard InChI is InChI=1S/C21H34F2/c1-3-15-5-7-16(8-6-15)17-9-11-18(12-10-17)19-13-4-14(2)20(22)21(19)23/h3,14-21H,1,4-13H2,2H3/t14?,15?,16?,17?,18?,19-,20?,21?/m0/s1. The second-order valence-electron chi connectivity index (χ2n) is 8.69. The van der Waals surface area contributed by atoms with E-state index < -0.39 is 12.3 Å². The van der Waals surface area contributed by atoms with Crippen molar-refractivity contribution in [2.75, 3.05) is 0 Å². The van der Waals surface area contributed by atoms with Crippen LogP contribution in [-0.4, -0.2) is 12.3 Å². The van der Waals surface area contributed by atoms with Gasteiger partial charge in [-0.15, -0.1) is 6.58 Å². The van der Waals surface area contributed by atoms with E-state index in [9.17, 15) is 8.78 Å². The maximum Gasteiger partial charge on any atom is 0.134 e. The third-order valence-corrected chi connectivity index (χ3v) is 7.45. The number of alkyl halides is 2. The highest BCUT2D eigenvalue weighted by atomic mass is 19.2.